The first-order valence-corrected chi connectivity index (χ1v) is 2.82. The third kappa shape index (κ3) is 5.01. The summed E-state index contributed by atoms with van der Waals surface area (Å²) >= 11 is 0. The molecule has 0 amide bonds. The van der Waals surface area contributed by atoms with E-state index < -0.39 is 0 Å². The molecule has 0 aliphatic carbocycles. The standard InChI is InChI=1S/C8H11F/c1-3-4-5-6-8(2)7-9/h3-6H,1,7H2,2H3/b5-4-,8-6-. The van der Waals surface area contributed by atoms with Gasteiger partial charge in [-0.2, -0.15) is 0 Å². The fourth-order valence-electron chi connectivity index (χ4n) is 0.343. The van der Waals surface area contributed by atoms with Crippen molar-refractivity contribution in [2.45, 2.75) is 6.92 Å². The summed E-state index contributed by atoms with van der Waals surface area (Å²) in [6, 6.07) is 0. The van der Waals surface area contributed by atoms with Gasteiger partial charge in [-0.05, 0) is 12.5 Å². The van der Waals surface area contributed by atoms with Crippen molar-refractivity contribution in [1.29, 1.82) is 0 Å². The minimum Gasteiger partial charge on any atom is -0.246 e. The molecule has 0 heterocycles. The van der Waals surface area contributed by atoms with Gasteiger partial charge in [0.05, 0.1) is 0 Å². The molecule has 0 radical (unpaired) electrons. The molecule has 0 nitrogen and oxygen atoms in total. The molecule has 0 aliphatic rings. The summed E-state index contributed by atoms with van der Waals surface area (Å²) < 4.78 is 11.7. The van der Waals surface area contributed by atoms with E-state index in [2.05, 4.69) is 6.58 Å². The molecule has 0 fully saturated rings. The molecule has 0 aromatic heterocycles. The van der Waals surface area contributed by atoms with Gasteiger partial charge >= 0.3 is 0 Å². The summed E-state index contributed by atoms with van der Waals surface area (Å²) in [5.41, 5.74) is 0.730. The summed E-state index contributed by atoms with van der Waals surface area (Å²) in [7, 11) is 0. The number of hydrogen-bond donors (Lipinski definition) is 0. The van der Waals surface area contributed by atoms with Crippen LogP contribution in [-0.2, 0) is 0 Å². The monoisotopic (exact) mass is 126 g/mol. The normalized spacial score (nSPS) is 12.4. The van der Waals surface area contributed by atoms with E-state index >= 15 is 0 Å². The van der Waals surface area contributed by atoms with Crippen molar-refractivity contribution in [3.05, 3.63) is 36.5 Å². The maximum Gasteiger partial charge on any atom is 0.111 e. The first-order chi connectivity index (χ1) is 4.31. The Kier molecular flexibility index (Phi) is 4.79. The van der Waals surface area contributed by atoms with Crippen molar-refractivity contribution in [2.75, 3.05) is 6.67 Å². The third-order valence-electron chi connectivity index (χ3n) is 0.839. The van der Waals surface area contributed by atoms with Crippen molar-refractivity contribution >= 4 is 0 Å². The minimum atomic E-state index is -0.374. The highest BCUT2D eigenvalue weighted by Gasteiger charge is 1.79. The predicted octanol–water partition coefficient (Wildman–Crippen LogP) is 2.64. The smallest absolute Gasteiger partial charge is 0.111 e. The third-order valence-corrected chi connectivity index (χ3v) is 0.839. The van der Waals surface area contributed by atoms with Gasteiger partial charge < -0.3 is 0 Å². The van der Waals surface area contributed by atoms with E-state index in [4.69, 9.17) is 0 Å². The van der Waals surface area contributed by atoms with Crippen LogP contribution in [0.15, 0.2) is 36.5 Å². The summed E-state index contributed by atoms with van der Waals surface area (Å²) in [4.78, 5) is 0. The summed E-state index contributed by atoms with van der Waals surface area (Å²) in [5.74, 6) is 0. The Morgan fingerprint density at radius 2 is 2.22 bits per heavy atom. The quantitative estimate of drug-likeness (QED) is 0.510. The molecule has 0 rings (SSSR count). The molecule has 9 heavy (non-hydrogen) atoms. The largest absolute Gasteiger partial charge is 0.246 e. The summed E-state index contributed by atoms with van der Waals surface area (Å²) in [6.07, 6.45) is 6.91. The maximum atomic E-state index is 11.7. The Morgan fingerprint density at radius 3 is 2.67 bits per heavy atom. The van der Waals surface area contributed by atoms with Crippen molar-refractivity contribution in [1.82, 2.24) is 0 Å². The SMILES string of the molecule is C=C/C=C\C=C(\C)CF. The van der Waals surface area contributed by atoms with E-state index in [1.807, 2.05) is 0 Å². The lowest BCUT2D eigenvalue weighted by Gasteiger charge is -1.84. The van der Waals surface area contributed by atoms with Crippen LogP contribution in [0.2, 0.25) is 0 Å². The molecule has 0 N–H and O–H groups in total. The zero-order valence-corrected chi connectivity index (χ0v) is 5.60. The Labute approximate surface area is 55.4 Å². The van der Waals surface area contributed by atoms with Gasteiger partial charge in [-0.1, -0.05) is 30.9 Å². The Morgan fingerprint density at radius 1 is 1.56 bits per heavy atom. The first kappa shape index (κ1) is 8.15. The Bertz CT molecular complexity index is 132. The number of rotatable bonds is 3. The first-order valence-electron chi connectivity index (χ1n) is 2.82. The van der Waals surface area contributed by atoms with E-state index in [0.717, 1.165) is 5.57 Å². The second-order valence-corrected chi connectivity index (χ2v) is 1.77. The minimum absolute atomic E-state index is 0.374. The number of alkyl halides is 1. The van der Waals surface area contributed by atoms with Crippen molar-refractivity contribution in [2.24, 2.45) is 0 Å². The van der Waals surface area contributed by atoms with Crippen molar-refractivity contribution in [3.8, 4) is 0 Å². The molecule has 1 heteroatoms. The Hall–Kier alpha value is -0.850. The van der Waals surface area contributed by atoms with Crippen LogP contribution < -0.4 is 0 Å². The number of halogens is 1. The molecule has 0 unspecified atom stereocenters. The number of allylic oxidation sites excluding steroid dienone is 5. The summed E-state index contributed by atoms with van der Waals surface area (Å²) in [6.45, 7) is 4.84. The van der Waals surface area contributed by atoms with E-state index in [0.29, 0.717) is 0 Å². The molecular formula is C8H11F. The Balaban J connectivity index is 3.67. The summed E-state index contributed by atoms with van der Waals surface area (Å²) in [5, 5.41) is 0. The molecule has 0 aliphatic heterocycles. The molecule has 0 bridgehead atoms. The molecule has 0 atom stereocenters. The van der Waals surface area contributed by atoms with Crippen LogP contribution >= 0.6 is 0 Å². The predicted molar refractivity (Wildman–Crippen MR) is 39.1 cm³/mol. The average Bonchev–Trinajstić information content (AvgIpc) is 1.89. The maximum absolute atomic E-state index is 11.7. The number of hydrogen-bond acceptors (Lipinski definition) is 0. The molecular weight excluding hydrogens is 115 g/mol. The highest BCUT2D eigenvalue weighted by molar-refractivity contribution is 5.14. The van der Waals surface area contributed by atoms with Crippen LogP contribution in [0.3, 0.4) is 0 Å². The average molecular weight is 126 g/mol. The van der Waals surface area contributed by atoms with Crippen molar-refractivity contribution in [3.63, 3.8) is 0 Å². The molecule has 0 aromatic rings. The lowest BCUT2D eigenvalue weighted by atomic mass is 10.3. The molecule has 50 valence electrons. The van der Waals surface area contributed by atoms with Gasteiger partial charge in [0.15, 0.2) is 0 Å². The van der Waals surface area contributed by atoms with Gasteiger partial charge in [0, 0.05) is 0 Å². The van der Waals surface area contributed by atoms with Gasteiger partial charge in [-0.15, -0.1) is 0 Å². The lowest BCUT2D eigenvalue weighted by molar-refractivity contribution is 0.543. The van der Waals surface area contributed by atoms with Gasteiger partial charge in [-0.3, -0.25) is 0 Å². The van der Waals surface area contributed by atoms with E-state index in [1.54, 1.807) is 31.2 Å². The van der Waals surface area contributed by atoms with Gasteiger partial charge in [0.1, 0.15) is 6.67 Å². The van der Waals surface area contributed by atoms with Gasteiger partial charge in [-0.25, -0.2) is 4.39 Å². The lowest BCUT2D eigenvalue weighted by Crippen LogP contribution is -1.73. The zero-order chi connectivity index (χ0) is 7.11. The second-order valence-electron chi connectivity index (χ2n) is 1.77. The molecule has 0 aromatic carbocycles. The van der Waals surface area contributed by atoms with Crippen LogP contribution in [0.4, 0.5) is 4.39 Å². The van der Waals surface area contributed by atoms with Crippen LogP contribution in [-0.4, -0.2) is 6.67 Å². The van der Waals surface area contributed by atoms with E-state index in [1.165, 1.54) is 0 Å². The van der Waals surface area contributed by atoms with Gasteiger partial charge in [0.25, 0.3) is 0 Å². The van der Waals surface area contributed by atoms with E-state index in [9.17, 15) is 4.39 Å². The van der Waals surface area contributed by atoms with E-state index in [-0.39, 0.29) is 6.67 Å². The second kappa shape index (κ2) is 5.29. The molecule has 0 saturated carbocycles. The fraction of sp³-hybridized carbons (Fsp3) is 0.250. The van der Waals surface area contributed by atoms with Crippen LogP contribution in [0.5, 0.6) is 0 Å². The highest BCUT2D eigenvalue weighted by atomic mass is 19.1. The van der Waals surface area contributed by atoms with Gasteiger partial charge in [0.2, 0.25) is 0 Å². The molecule has 0 spiro atoms. The van der Waals surface area contributed by atoms with Crippen LogP contribution in [0, 0.1) is 0 Å². The fourth-order valence-corrected chi connectivity index (χ4v) is 0.343. The topological polar surface area (TPSA) is 0 Å². The highest BCUT2D eigenvalue weighted by Crippen LogP contribution is 1.92. The van der Waals surface area contributed by atoms with Crippen LogP contribution in [0.25, 0.3) is 0 Å². The van der Waals surface area contributed by atoms with Crippen molar-refractivity contribution < 1.29 is 4.39 Å². The molecule has 0 saturated heterocycles. The van der Waals surface area contributed by atoms with Crippen LogP contribution in [0.1, 0.15) is 6.92 Å². The zero-order valence-electron chi connectivity index (χ0n) is 5.60.